The Morgan fingerprint density at radius 1 is 0.810 bits per heavy atom. The van der Waals surface area contributed by atoms with Crippen LogP contribution in [0.3, 0.4) is 0 Å². The molecule has 0 aliphatic carbocycles. The molecule has 0 bridgehead atoms. The summed E-state index contributed by atoms with van der Waals surface area (Å²) in [5.41, 5.74) is 0. The van der Waals surface area contributed by atoms with Crippen LogP contribution in [0.5, 0.6) is 0 Å². The summed E-state index contributed by atoms with van der Waals surface area (Å²) in [6.45, 7) is 4.83. The summed E-state index contributed by atoms with van der Waals surface area (Å²) in [7, 11) is 0. The third-order valence-corrected chi connectivity index (χ3v) is 3.98. The van der Waals surface area contributed by atoms with Crippen LogP contribution >= 0.6 is 0 Å². The summed E-state index contributed by atoms with van der Waals surface area (Å²) in [6.07, 6.45) is 11.6. The fraction of sp³-hybridized carbons (Fsp3) is 1.00. The average molecular weight is 303 g/mol. The summed E-state index contributed by atoms with van der Waals surface area (Å²) >= 11 is 0. The Balaban J connectivity index is 3.46. The highest BCUT2D eigenvalue weighted by molar-refractivity contribution is 4.64. The van der Waals surface area contributed by atoms with Crippen LogP contribution in [0.2, 0.25) is 0 Å². The number of aliphatic hydroxyl groups is 3. The summed E-state index contributed by atoms with van der Waals surface area (Å²) in [4.78, 5) is 1.83. The molecule has 0 aromatic rings. The molecule has 0 heterocycles. The number of nitrogens with zero attached hydrogens (tertiary/aromatic N) is 1. The van der Waals surface area contributed by atoms with Crippen LogP contribution in [0.15, 0.2) is 0 Å². The molecule has 128 valence electrons. The zero-order valence-corrected chi connectivity index (χ0v) is 14.1. The molecule has 0 aromatic heterocycles. The highest BCUT2D eigenvalue weighted by atomic mass is 16.3. The van der Waals surface area contributed by atoms with Crippen LogP contribution < -0.4 is 0 Å². The lowest BCUT2D eigenvalue weighted by atomic mass is 10.1. The monoisotopic (exact) mass is 303 g/mol. The van der Waals surface area contributed by atoms with Gasteiger partial charge in [0.15, 0.2) is 0 Å². The van der Waals surface area contributed by atoms with E-state index in [4.69, 9.17) is 5.11 Å². The Morgan fingerprint density at radius 3 is 1.71 bits per heavy atom. The van der Waals surface area contributed by atoms with Gasteiger partial charge in [0.05, 0.1) is 12.7 Å². The standard InChI is InChI=1S/C17H37NO3/c1-3-4-5-6-7-8-9-10-11-12-13-18(16(2)20)14-17(21)15-19/h16-17,19-21H,3-15H2,1-2H3. The molecule has 0 saturated carbocycles. The number of hydrogen-bond acceptors (Lipinski definition) is 4. The van der Waals surface area contributed by atoms with Crippen molar-refractivity contribution in [2.75, 3.05) is 19.7 Å². The Bertz CT molecular complexity index is 212. The van der Waals surface area contributed by atoms with E-state index in [0.29, 0.717) is 6.54 Å². The number of rotatable bonds is 15. The summed E-state index contributed by atoms with van der Waals surface area (Å²) < 4.78 is 0. The number of aliphatic hydroxyl groups excluding tert-OH is 3. The van der Waals surface area contributed by atoms with Gasteiger partial charge in [-0.15, -0.1) is 0 Å². The van der Waals surface area contributed by atoms with Gasteiger partial charge < -0.3 is 15.3 Å². The van der Waals surface area contributed by atoms with Crippen molar-refractivity contribution in [1.82, 2.24) is 4.90 Å². The van der Waals surface area contributed by atoms with Gasteiger partial charge in [-0.1, -0.05) is 64.7 Å². The van der Waals surface area contributed by atoms with E-state index in [1.165, 1.54) is 57.8 Å². The molecular formula is C17H37NO3. The second-order valence-electron chi connectivity index (χ2n) is 6.15. The fourth-order valence-corrected chi connectivity index (χ4v) is 2.56. The van der Waals surface area contributed by atoms with Crippen molar-refractivity contribution in [3.05, 3.63) is 0 Å². The largest absolute Gasteiger partial charge is 0.394 e. The highest BCUT2D eigenvalue weighted by Gasteiger charge is 2.14. The lowest BCUT2D eigenvalue weighted by Gasteiger charge is -2.27. The van der Waals surface area contributed by atoms with E-state index in [1.807, 2.05) is 4.90 Å². The number of unbranched alkanes of at least 4 members (excludes halogenated alkanes) is 9. The normalized spacial score (nSPS) is 14.6. The van der Waals surface area contributed by atoms with Gasteiger partial charge in [0.1, 0.15) is 6.23 Å². The van der Waals surface area contributed by atoms with Gasteiger partial charge in [-0.2, -0.15) is 0 Å². The van der Waals surface area contributed by atoms with Crippen molar-refractivity contribution in [3.8, 4) is 0 Å². The number of hydrogen-bond donors (Lipinski definition) is 3. The van der Waals surface area contributed by atoms with E-state index in [1.54, 1.807) is 6.92 Å². The third-order valence-electron chi connectivity index (χ3n) is 3.98. The Hall–Kier alpha value is -0.160. The van der Waals surface area contributed by atoms with Crippen molar-refractivity contribution in [2.45, 2.75) is 90.4 Å². The van der Waals surface area contributed by atoms with Crippen LogP contribution in [-0.2, 0) is 0 Å². The average Bonchev–Trinajstić information content (AvgIpc) is 2.47. The Morgan fingerprint density at radius 2 is 1.29 bits per heavy atom. The lowest BCUT2D eigenvalue weighted by Crippen LogP contribution is -2.40. The Labute approximate surface area is 131 Å². The molecule has 0 aliphatic rings. The van der Waals surface area contributed by atoms with E-state index >= 15 is 0 Å². The molecule has 0 rings (SSSR count). The van der Waals surface area contributed by atoms with Crippen molar-refractivity contribution in [1.29, 1.82) is 0 Å². The zero-order valence-electron chi connectivity index (χ0n) is 14.1. The summed E-state index contributed by atoms with van der Waals surface area (Å²) in [6, 6.07) is 0. The quantitative estimate of drug-likeness (QED) is 0.321. The maximum absolute atomic E-state index is 9.63. The summed E-state index contributed by atoms with van der Waals surface area (Å²) in [5, 5.41) is 27.9. The minimum absolute atomic E-state index is 0.249. The second kappa shape index (κ2) is 14.8. The summed E-state index contributed by atoms with van der Waals surface area (Å²) in [5.74, 6) is 0. The molecule has 0 fully saturated rings. The van der Waals surface area contributed by atoms with Crippen LogP contribution in [0, 0.1) is 0 Å². The van der Waals surface area contributed by atoms with Crippen LogP contribution in [0.4, 0.5) is 0 Å². The topological polar surface area (TPSA) is 63.9 Å². The highest BCUT2D eigenvalue weighted by Crippen LogP contribution is 2.11. The zero-order chi connectivity index (χ0) is 15.9. The van der Waals surface area contributed by atoms with Crippen molar-refractivity contribution < 1.29 is 15.3 Å². The Kier molecular flexibility index (Phi) is 14.7. The first-order chi connectivity index (χ1) is 10.1. The molecule has 4 nitrogen and oxygen atoms in total. The van der Waals surface area contributed by atoms with Crippen LogP contribution in [-0.4, -0.2) is 52.2 Å². The minimum Gasteiger partial charge on any atom is -0.394 e. The van der Waals surface area contributed by atoms with E-state index in [2.05, 4.69) is 6.92 Å². The van der Waals surface area contributed by atoms with E-state index in [9.17, 15) is 10.2 Å². The molecule has 0 radical (unpaired) electrons. The van der Waals surface area contributed by atoms with Crippen molar-refractivity contribution in [3.63, 3.8) is 0 Å². The molecule has 0 saturated heterocycles. The minimum atomic E-state index is -0.761. The van der Waals surface area contributed by atoms with E-state index in [-0.39, 0.29) is 6.61 Å². The van der Waals surface area contributed by atoms with Crippen LogP contribution in [0.25, 0.3) is 0 Å². The molecule has 0 aliphatic heterocycles. The molecule has 0 aromatic carbocycles. The third kappa shape index (κ3) is 13.2. The van der Waals surface area contributed by atoms with Gasteiger partial charge in [-0.05, 0) is 13.3 Å². The fourth-order valence-electron chi connectivity index (χ4n) is 2.56. The first kappa shape index (κ1) is 20.8. The molecule has 2 unspecified atom stereocenters. The molecular weight excluding hydrogens is 266 g/mol. The van der Waals surface area contributed by atoms with Gasteiger partial charge in [0.2, 0.25) is 0 Å². The molecule has 0 spiro atoms. The van der Waals surface area contributed by atoms with Crippen molar-refractivity contribution >= 4 is 0 Å². The van der Waals surface area contributed by atoms with Gasteiger partial charge >= 0.3 is 0 Å². The molecule has 21 heavy (non-hydrogen) atoms. The maximum Gasteiger partial charge on any atom is 0.104 e. The van der Waals surface area contributed by atoms with Gasteiger partial charge in [-0.3, -0.25) is 4.90 Å². The van der Waals surface area contributed by atoms with Gasteiger partial charge in [0, 0.05) is 13.1 Å². The molecule has 3 N–H and O–H groups in total. The first-order valence-electron chi connectivity index (χ1n) is 8.82. The van der Waals surface area contributed by atoms with Crippen LogP contribution in [0.1, 0.15) is 78.1 Å². The van der Waals surface area contributed by atoms with E-state index < -0.39 is 12.3 Å². The molecule has 0 amide bonds. The smallest absolute Gasteiger partial charge is 0.104 e. The van der Waals surface area contributed by atoms with E-state index in [0.717, 1.165) is 13.0 Å². The first-order valence-corrected chi connectivity index (χ1v) is 8.82. The van der Waals surface area contributed by atoms with Crippen molar-refractivity contribution in [2.24, 2.45) is 0 Å². The SMILES string of the molecule is CCCCCCCCCCCCN(CC(O)CO)C(C)O. The maximum atomic E-state index is 9.63. The predicted molar refractivity (Wildman–Crippen MR) is 88.2 cm³/mol. The molecule has 4 heteroatoms. The second-order valence-corrected chi connectivity index (χ2v) is 6.15. The van der Waals surface area contributed by atoms with Gasteiger partial charge in [-0.25, -0.2) is 0 Å². The lowest BCUT2D eigenvalue weighted by molar-refractivity contribution is -0.0236. The molecule has 2 atom stereocenters. The van der Waals surface area contributed by atoms with Gasteiger partial charge in [0.25, 0.3) is 0 Å². The predicted octanol–water partition coefficient (Wildman–Crippen LogP) is 2.90.